The van der Waals surface area contributed by atoms with Crippen molar-refractivity contribution in [3.8, 4) is 11.5 Å². The number of hydrogen-bond donors (Lipinski definition) is 2. The van der Waals surface area contributed by atoms with E-state index in [1.165, 1.54) is 36.8 Å². The normalized spacial score (nSPS) is 13.7. The van der Waals surface area contributed by atoms with Crippen LogP contribution in [-0.2, 0) is 0 Å². The van der Waals surface area contributed by atoms with E-state index in [9.17, 15) is 22.8 Å². The summed E-state index contributed by atoms with van der Waals surface area (Å²) in [6.07, 6.45) is -0.990. The second-order valence-electron chi connectivity index (χ2n) is 7.48. The molecule has 182 valence electrons. The Morgan fingerprint density at radius 2 is 1.89 bits per heavy atom. The molecule has 35 heavy (non-hydrogen) atoms. The Labute approximate surface area is 197 Å². The number of amides is 2. The zero-order chi connectivity index (χ0) is 25.0. The number of imidazole rings is 1. The number of hydrogen-bond acceptors (Lipinski definition) is 6. The molecule has 1 aliphatic rings. The Bertz CT molecular complexity index is 1240. The number of rotatable bonds is 6. The molecule has 0 aliphatic carbocycles. The Morgan fingerprint density at radius 3 is 2.54 bits per heavy atom. The third-order valence-electron chi connectivity index (χ3n) is 5.10. The first-order valence-electron chi connectivity index (χ1n) is 10.5. The zero-order valence-corrected chi connectivity index (χ0v) is 18.4. The lowest BCUT2D eigenvalue weighted by Crippen LogP contribution is -2.32. The van der Waals surface area contributed by atoms with Crippen LogP contribution in [-0.4, -0.2) is 52.5 Å². The molecule has 0 bridgehead atoms. The molecule has 0 saturated heterocycles. The van der Waals surface area contributed by atoms with Gasteiger partial charge in [-0.3, -0.25) is 9.59 Å². The molecule has 2 N–H and O–H groups in total. The Kier molecular flexibility index (Phi) is 6.71. The van der Waals surface area contributed by atoms with Gasteiger partial charge in [0.2, 0.25) is 0 Å². The first kappa shape index (κ1) is 23.8. The van der Waals surface area contributed by atoms with Crippen molar-refractivity contribution >= 4 is 23.2 Å². The SMILES string of the molecule is COc1ccc(C2=NN(C(=O)c3ccc(NC(=O)c4c[nH]cn4)cc3)CCC2)cc1OC(F)(F)F. The van der Waals surface area contributed by atoms with E-state index >= 15 is 0 Å². The number of nitrogens with one attached hydrogen (secondary N) is 2. The number of ether oxygens (including phenoxy) is 2. The number of alkyl halides is 3. The number of benzene rings is 2. The summed E-state index contributed by atoms with van der Waals surface area (Å²) in [4.78, 5) is 31.6. The van der Waals surface area contributed by atoms with Crippen molar-refractivity contribution in [3.63, 3.8) is 0 Å². The second-order valence-corrected chi connectivity index (χ2v) is 7.48. The van der Waals surface area contributed by atoms with E-state index in [4.69, 9.17) is 4.74 Å². The number of aromatic nitrogens is 2. The first-order chi connectivity index (χ1) is 16.7. The quantitative estimate of drug-likeness (QED) is 0.542. The highest BCUT2D eigenvalue weighted by Crippen LogP contribution is 2.34. The standard InChI is InChI=1S/C23H20F3N5O4/c1-34-19-9-6-15(11-20(19)35-23(24,25)26)17-3-2-10-31(30-17)22(33)14-4-7-16(8-5-14)29-21(32)18-12-27-13-28-18/h4-9,11-13H,2-3,10H2,1H3,(H,27,28)(H,29,32). The number of aromatic amines is 1. The zero-order valence-electron chi connectivity index (χ0n) is 18.4. The van der Waals surface area contributed by atoms with Crippen LogP contribution in [0, 0.1) is 0 Å². The number of carbonyl (C=O) groups excluding carboxylic acids is 2. The summed E-state index contributed by atoms with van der Waals surface area (Å²) >= 11 is 0. The molecule has 0 saturated carbocycles. The fourth-order valence-corrected chi connectivity index (χ4v) is 3.48. The maximum Gasteiger partial charge on any atom is 0.573 e. The van der Waals surface area contributed by atoms with Gasteiger partial charge in [-0.15, -0.1) is 13.2 Å². The minimum Gasteiger partial charge on any atom is -0.493 e. The predicted octanol–water partition coefficient (Wildman–Crippen LogP) is 4.21. The van der Waals surface area contributed by atoms with Crippen molar-refractivity contribution < 1.29 is 32.2 Å². The van der Waals surface area contributed by atoms with Crippen LogP contribution < -0.4 is 14.8 Å². The maximum absolute atomic E-state index is 13.0. The van der Waals surface area contributed by atoms with Crippen LogP contribution in [0.2, 0.25) is 0 Å². The molecule has 9 nitrogen and oxygen atoms in total. The van der Waals surface area contributed by atoms with Crippen LogP contribution in [0.15, 0.2) is 60.1 Å². The molecule has 0 spiro atoms. The van der Waals surface area contributed by atoms with E-state index < -0.39 is 18.0 Å². The molecule has 4 rings (SSSR count). The van der Waals surface area contributed by atoms with Gasteiger partial charge in [-0.1, -0.05) is 0 Å². The lowest BCUT2D eigenvalue weighted by atomic mass is 10.0. The van der Waals surface area contributed by atoms with Crippen LogP contribution >= 0.6 is 0 Å². The van der Waals surface area contributed by atoms with E-state index in [-0.39, 0.29) is 17.4 Å². The van der Waals surface area contributed by atoms with Gasteiger partial charge in [-0.2, -0.15) is 5.10 Å². The molecule has 3 aromatic rings. The van der Waals surface area contributed by atoms with Gasteiger partial charge in [0.15, 0.2) is 11.5 Å². The van der Waals surface area contributed by atoms with Gasteiger partial charge in [0.1, 0.15) is 5.69 Å². The van der Waals surface area contributed by atoms with Crippen molar-refractivity contribution in [1.29, 1.82) is 0 Å². The largest absolute Gasteiger partial charge is 0.573 e. The van der Waals surface area contributed by atoms with E-state index in [1.54, 1.807) is 30.3 Å². The maximum atomic E-state index is 13.0. The molecule has 0 unspecified atom stereocenters. The van der Waals surface area contributed by atoms with Gasteiger partial charge in [-0.05, 0) is 55.3 Å². The summed E-state index contributed by atoms with van der Waals surface area (Å²) < 4.78 is 47.3. The number of nitrogens with zero attached hydrogens (tertiary/aromatic N) is 3. The third kappa shape index (κ3) is 5.78. The number of hydrazone groups is 1. The summed E-state index contributed by atoms with van der Waals surface area (Å²) in [5.41, 5.74) is 1.88. The minimum absolute atomic E-state index is 0.0742. The molecule has 2 heterocycles. The molecular formula is C23H20F3N5O4. The van der Waals surface area contributed by atoms with E-state index in [0.717, 1.165) is 0 Å². The van der Waals surface area contributed by atoms with Gasteiger partial charge in [0.25, 0.3) is 11.8 Å². The summed E-state index contributed by atoms with van der Waals surface area (Å²) in [5, 5.41) is 8.31. The predicted molar refractivity (Wildman–Crippen MR) is 119 cm³/mol. The third-order valence-corrected chi connectivity index (χ3v) is 5.10. The van der Waals surface area contributed by atoms with Gasteiger partial charge >= 0.3 is 6.36 Å². The van der Waals surface area contributed by atoms with Crippen molar-refractivity contribution in [2.75, 3.05) is 19.0 Å². The molecule has 1 aromatic heterocycles. The fraction of sp³-hybridized carbons (Fsp3) is 0.217. The van der Waals surface area contributed by atoms with E-state index in [1.807, 2.05) is 0 Å². The summed E-state index contributed by atoms with van der Waals surface area (Å²) in [6.45, 7) is 0.349. The monoisotopic (exact) mass is 487 g/mol. The molecule has 0 atom stereocenters. The van der Waals surface area contributed by atoms with E-state index in [0.29, 0.717) is 41.9 Å². The smallest absolute Gasteiger partial charge is 0.493 e. The van der Waals surface area contributed by atoms with Crippen LogP contribution in [0.5, 0.6) is 11.5 Å². The highest BCUT2D eigenvalue weighted by Gasteiger charge is 2.33. The lowest BCUT2D eigenvalue weighted by molar-refractivity contribution is -0.275. The topological polar surface area (TPSA) is 109 Å². The van der Waals surface area contributed by atoms with Gasteiger partial charge < -0.3 is 19.8 Å². The Hall–Kier alpha value is -4.35. The number of methoxy groups -OCH3 is 1. The lowest BCUT2D eigenvalue weighted by Gasteiger charge is -2.24. The average molecular weight is 487 g/mol. The molecule has 12 heteroatoms. The van der Waals surface area contributed by atoms with Gasteiger partial charge in [-0.25, -0.2) is 9.99 Å². The molecule has 2 aromatic carbocycles. The van der Waals surface area contributed by atoms with Crippen LogP contribution in [0.3, 0.4) is 0 Å². The summed E-state index contributed by atoms with van der Waals surface area (Å²) in [5.74, 6) is -1.34. The minimum atomic E-state index is -4.88. The van der Waals surface area contributed by atoms with Gasteiger partial charge in [0.05, 0.1) is 19.1 Å². The summed E-state index contributed by atoms with van der Waals surface area (Å²) in [7, 11) is 1.24. The molecular weight excluding hydrogens is 467 g/mol. The Balaban J connectivity index is 1.50. The number of anilines is 1. The van der Waals surface area contributed by atoms with Crippen molar-refractivity contribution in [2.45, 2.75) is 19.2 Å². The van der Waals surface area contributed by atoms with Crippen LogP contribution in [0.4, 0.5) is 18.9 Å². The van der Waals surface area contributed by atoms with Crippen molar-refractivity contribution in [2.24, 2.45) is 5.10 Å². The molecule has 0 radical (unpaired) electrons. The molecule has 0 fully saturated rings. The van der Waals surface area contributed by atoms with E-state index in [2.05, 4.69) is 25.1 Å². The van der Waals surface area contributed by atoms with Crippen LogP contribution in [0.1, 0.15) is 39.3 Å². The van der Waals surface area contributed by atoms with Crippen molar-refractivity contribution in [1.82, 2.24) is 15.0 Å². The average Bonchev–Trinajstić information content (AvgIpc) is 3.38. The highest BCUT2D eigenvalue weighted by atomic mass is 19.4. The first-order valence-corrected chi connectivity index (χ1v) is 10.5. The Morgan fingerprint density at radius 1 is 1.11 bits per heavy atom. The second kappa shape index (κ2) is 9.87. The van der Waals surface area contributed by atoms with Crippen LogP contribution in [0.25, 0.3) is 0 Å². The molecule has 2 amide bonds. The number of carbonyl (C=O) groups is 2. The number of halogens is 3. The molecule has 1 aliphatic heterocycles. The summed E-state index contributed by atoms with van der Waals surface area (Å²) in [6, 6.07) is 10.4. The highest BCUT2D eigenvalue weighted by molar-refractivity contribution is 6.04. The number of H-pyrrole nitrogens is 1. The van der Waals surface area contributed by atoms with Gasteiger partial charge in [0, 0.05) is 29.6 Å². The van der Waals surface area contributed by atoms with Crippen molar-refractivity contribution in [3.05, 3.63) is 71.8 Å². The fourth-order valence-electron chi connectivity index (χ4n) is 3.48.